The monoisotopic (exact) mass is 317 g/mol. The molecule has 0 aliphatic carbocycles. The van der Waals surface area contributed by atoms with Crippen molar-refractivity contribution in [2.75, 3.05) is 32.0 Å². The first-order valence-corrected chi connectivity index (χ1v) is 9.06. The van der Waals surface area contributed by atoms with Gasteiger partial charge >= 0.3 is 0 Å². The van der Waals surface area contributed by atoms with Gasteiger partial charge in [-0.2, -0.15) is 0 Å². The van der Waals surface area contributed by atoms with Crippen LogP contribution in [-0.2, 0) is 22.1 Å². The van der Waals surface area contributed by atoms with Crippen LogP contribution in [0, 0.1) is 0 Å². The lowest BCUT2D eigenvalue weighted by Gasteiger charge is -2.38. The Bertz CT molecular complexity index is 434. The Balaban J connectivity index is 1.69. The van der Waals surface area contributed by atoms with Gasteiger partial charge in [0.2, 0.25) is 0 Å². The second kappa shape index (κ2) is 7.13. The summed E-state index contributed by atoms with van der Waals surface area (Å²) < 4.78 is 17.2. The highest BCUT2D eigenvalue weighted by Crippen LogP contribution is 2.20. The van der Waals surface area contributed by atoms with Gasteiger partial charge in [-0.3, -0.25) is 9.11 Å². The number of hydrogen-bond acceptors (Lipinski definition) is 5. The second-order valence-corrected chi connectivity index (χ2v) is 9.03. The maximum absolute atomic E-state index is 11.8. The lowest BCUT2D eigenvalue weighted by Crippen LogP contribution is -2.52. The molecule has 20 heavy (non-hydrogen) atoms. The number of rotatable bonds is 6. The van der Waals surface area contributed by atoms with Crippen LogP contribution >= 0.6 is 11.3 Å². The first-order valence-electron chi connectivity index (χ1n) is 6.86. The number of aliphatic hydroxyl groups is 1. The Kier molecular flexibility index (Phi) is 5.74. The van der Waals surface area contributed by atoms with Gasteiger partial charge in [-0.25, -0.2) is 0 Å². The van der Waals surface area contributed by atoms with E-state index in [2.05, 4.69) is 4.90 Å². The fourth-order valence-electron chi connectivity index (χ4n) is 2.37. The van der Waals surface area contributed by atoms with Crippen LogP contribution in [-0.4, -0.2) is 57.1 Å². The zero-order valence-corrected chi connectivity index (χ0v) is 13.7. The fraction of sp³-hybridized carbons (Fsp3) is 0.714. The van der Waals surface area contributed by atoms with Crippen LogP contribution in [0.4, 0.5) is 0 Å². The van der Waals surface area contributed by atoms with Crippen molar-refractivity contribution in [2.45, 2.75) is 31.3 Å². The SMILES string of the molecule is CC1(C)CN(CC(O)COCc2cccs2)CCS1=O. The number of ether oxygens (including phenoxy) is 1. The third kappa shape index (κ3) is 4.63. The van der Waals surface area contributed by atoms with Gasteiger partial charge in [0.15, 0.2) is 0 Å². The standard InChI is InChI=1S/C14H23NO3S2/c1-14(2)11-15(5-7-20(14)17)8-12(16)9-18-10-13-4-3-6-19-13/h3-4,6,12,16H,5,7-11H2,1-2H3. The van der Waals surface area contributed by atoms with Crippen LogP contribution in [0.3, 0.4) is 0 Å². The Morgan fingerprint density at radius 2 is 2.40 bits per heavy atom. The third-order valence-corrected chi connectivity index (χ3v) is 6.18. The van der Waals surface area contributed by atoms with Gasteiger partial charge < -0.3 is 9.84 Å². The van der Waals surface area contributed by atoms with E-state index in [1.165, 1.54) is 4.88 Å². The highest BCUT2D eigenvalue weighted by Gasteiger charge is 2.33. The zero-order valence-electron chi connectivity index (χ0n) is 12.1. The minimum absolute atomic E-state index is 0.185. The molecule has 0 spiro atoms. The van der Waals surface area contributed by atoms with Crippen molar-refractivity contribution < 1.29 is 14.1 Å². The first-order chi connectivity index (χ1) is 9.47. The van der Waals surface area contributed by atoms with E-state index in [0.717, 1.165) is 13.1 Å². The topological polar surface area (TPSA) is 49.8 Å². The molecule has 2 rings (SSSR count). The average Bonchev–Trinajstić information content (AvgIpc) is 2.86. The summed E-state index contributed by atoms with van der Waals surface area (Å²) in [6, 6.07) is 4.02. The summed E-state index contributed by atoms with van der Waals surface area (Å²) >= 11 is 1.66. The molecule has 1 aromatic heterocycles. The number of hydrogen-bond donors (Lipinski definition) is 1. The fourth-order valence-corrected chi connectivity index (χ4v) is 4.32. The predicted octanol–water partition coefficient (Wildman–Crippen LogP) is 1.47. The Morgan fingerprint density at radius 3 is 3.05 bits per heavy atom. The minimum Gasteiger partial charge on any atom is -0.389 e. The van der Waals surface area contributed by atoms with Crippen LogP contribution in [0.1, 0.15) is 18.7 Å². The molecule has 0 bridgehead atoms. The van der Waals surface area contributed by atoms with Crippen LogP contribution < -0.4 is 0 Å². The summed E-state index contributed by atoms with van der Waals surface area (Å²) in [5.41, 5.74) is 0. The van der Waals surface area contributed by atoms with Gasteiger partial charge in [0, 0.05) is 41.1 Å². The van der Waals surface area contributed by atoms with Gasteiger partial charge in [-0.05, 0) is 25.3 Å². The van der Waals surface area contributed by atoms with Crippen molar-refractivity contribution in [1.29, 1.82) is 0 Å². The molecule has 2 heterocycles. The van der Waals surface area contributed by atoms with E-state index < -0.39 is 16.9 Å². The molecule has 1 saturated heterocycles. The first kappa shape index (κ1) is 16.1. The quantitative estimate of drug-likeness (QED) is 0.863. The molecule has 1 aliphatic rings. The van der Waals surface area contributed by atoms with Crippen molar-refractivity contribution in [3.05, 3.63) is 22.4 Å². The predicted molar refractivity (Wildman–Crippen MR) is 83.5 cm³/mol. The largest absolute Gasteiger partial charge is 0.389 e. The molecule has 114 valence electrons. The second-order valence-electron chi connectivity index (χ2n) is 5.79. The van der Waals surface area contributed by atoms with Crippen molar-refractivity contribution in [2.24, 2.45) is 0 Å². The molecule has 0 saturated carbocycles. The molecule has 1 N–H and O–H groups in total. The van der Waals surface area contributed by atoms with E-state index in [9.17, 15) is 9.32 Å². The maximum atomic E-state index is 11.8. The minimum atomic E-state index is -0.765. The summed E-state index contributed by atoms with van der Waals surface area (Å²) in [5, 5.41) is 12.0. The van der Waals surface area contributed by atoms with Gasteiger partial charge in [0.25, 0.3) is 0 Å². The molecule has 4 nitrogen and oxygen atoms in total. The van der Waals surface area contributed by atoms with E-state index in [0.29, 0.717) is 25.5 Å². The van der Waals surface area contributed by atoms with E-state index in [1.54, 1.807) is 11.3 Å². The molecule has 2 unspecified atom stereocenters. The normalized spacial score (nSPS) is 24.6. The van der Waals surface area contributed by atoms with Crippen LogP contribution in [0.2, 0.25) is 0 Å². The molecule has 0 radical (unpaired) electrons. The molecule has 6 heteroatoms. The summed E-state index contributed by atoms with van der Waals surface area (Å²) in [6.07, 6.45) is -0.489. The Morgan fingerprint density at radius 1 is 1.60 bits per heavy atom. The number of thiophene rings is 1. The summed E-state index contributed by atoms with van der Waals surface area (Å²) in [6.45, 7) is 7.09. The van der Waals surface area contributed by atoms with Crippen molar-refractivity contribution >= 4 is 22.1 Å². The lowest BCUT2D eigenvalue weighted by atomic mass is 10.1. The number of nitrogens with zero attached hydrogens (tertiary/aromatic N) is 1. The number of β-amino-alcohol motifs (C(OH)–C–C–N with tert-alkyl or cyclic N) is 1. The van der Waals surface area contributed by atoms with Gasteiger partial charge in [0.05, 0.1) is 24.1 Å². The molecule has 1 aliphatic heterocycles. The maximum Gasteiger partial charge on any atom is 0.0900 e. The molecule has 0 amide bonds. The smallest absolute Gasteiger partial charge is 0.0900 e. The van der Waals surface area contributed by atoms with Crippen LogP contribution in [0.5, 0.6) is 0 Å². The van der Waals surface area contributed by atoms with Crippen molar-refractivity contribution in [3.63, 3.8) is 0 Å². The van der Waals surface area contributed by atoms with Crippen molar-refractivity contribution in [3.8, 4) is 0 Å². The molecule has 1 aromatic rings. The summed E-state index contributed by atoms with van der Waals surface area (Å²) in [7, 11) is -0.765. The third-order valence-electron chi connectivity index (χ3n) is 3.42. The van der Waals surface area contributed by atoms with Crippen molar-refractivity contribution in [1.82, 2.24) is 4.90 Å². The highest BCUT2D eigenvalue weighted by molar-refractivity contribution is 7.86. The molecule has 0 aromatic carbocycles. The van der Waals surface area contributed by atoms with E-state index in [1.807, 2.05) is 31.4 Å². The Labute approximate surface area is 127 Å². The molecular weight excluding hydrogens is 294 g/mol. The Hall–Kier alpha value is -0.270. The molecule has 1 fully saturated rings. The molecular formula is C14H23NO3S2. The zero-order chi connectivity index (χ0) is 14.6. The van der Waals surface area contributed by atoms with Gasteiger partial charge in [0.1, 0.15) is 0 Å². The summed E-state index contributed by atoms with van der Waals surface area (Å²) in [4.78, 5) is 3.35. The van der Waals surface area contributed by atoms with E-state index in [4.69, 9.17) is 4.74 Å². The van der Waals surface area contributed by atoms with Crippen LogP contribution in [0.15, 0.2) is 17.5 Å². The molecule has 2 atom stereocenters. The average molecular weight is 317 g/mol. The van der Waals surface area contributed by atoms with E-state index in [-0.39, 0.29) is 4.75 Å². The van der Waals surface area contributed by atoms with Gasteiger partial charge in [-0.15, -0.1) is 11.3 Å². The summed E-state index contributed by atoms with van der Waals surface area (Å²) in [5.74, 6) is 0.690. The van der Waals surface area contributed by atoms with E-state index >= 15 is 0 Å². The number of aliphatic hydroxyl groups excluding tert-OH is 1. The van der Waals surface area contributed by atoms with Crippen LogP contribution in [0.25, 0.3) is 0 Å². The highest BCUT2D eigenvalue weighted by atomic mass is 32.2. The van der Waals surface area contributed by atoms with Gasteiger partial charge in [-0.1, -0.05) is 6.07 Å². The lowest BCUT2D eigenvalue weighted by molar-refractivity contribution is 0.00988.